The van der Waals surface area contributed by atoms with Crippen LogP contribution in [0.25, 0.3) is 0 Å². The summed E-state index contributed by atoms with van der Waals surface area (Å²) < 4.78 is 26.3. The van der Waals surface area contributed by atoms with Crippen LogP contribution < -0.4 is 10.0 Å². The van der Waals surface area contributed by atoms with Crippen LogP contribution in [0, 0.1) is 5.92 Å². The van der Waals surface area contributed by atoms with Gasteiger partial charge in [-0.15, -0.1) is 0 Å². The Morgan fingerprint density at radius 1 is 1.35 bits per heavy atom. The number of nitrogens with one attached hydrogen (secondary N) is 2. The maximum atomic E-state index is 11.9. The summed E-state index contributed by atoms with van der Waals surface area (Å²) in [6.07, 6.45) is 0.750. The van der Waals surface area contributed by atoms with Crippen molar-refractivity contribution in [3.05, 3.63) is 29.3 Å². The van der Waals surface area contributed by atoms with Gasteiger partial charge in [-0.05, 0) is 24.6 Å². The van der Waals surface area contributed by atoms with Gasteiger partial charge in [-0.3, -0.25) is 4.79 Å². The van der Waals surface area contributed by atoms with E-state index in [0.717, 1.165) is 6.42 Å². The Hall–Kier alpha value is -1.11. The predicted molar refractivity (Wildman–Crippen MR) is 79.1 cm³/mol. The Bertz CT molecular complexity index is 560. The Labute approximate surface area is 124 Å². The van der Waals surface area contributed by atoms with Crippen LogP contribution in [0.15, 0.2) is 29.2 Å². The van der Waals surface area contributed by atoms with Crippen molar-refractivity contribution in [2.45, 2.75) is 25.2 Å². The molecule has 0 saturated heterocycles. The summed E-state index contributed by atoms with van der Waals surface area (Å²) in [6.45, 7) is 4.14. The molecule has 0 aromatic heterocycles. The molecule has 20 heavy (non-hydrogen) atoms. The van der Waals surface area contributed by atoms with Crippen molar-refractivity contribution in [2.75, 3.05) is 13.1 Å². The quantitative estimate of drug-likeness (QED) is 0.752. The third-order valence-corrected chi connectivity index (χ3v) is 4.58. The lowest BCUT2D eigenvalue weighted by Gasteiger charge is -2.11. The van der Waals surface area contributed by atoms with Crippen molar-refractivity contribution in [1.29, 1.82) is 0 Å². The lowest BCUT2D eigenvalue weighted by atomic mass is 10.1. The number of rotatable bonds is 7. The molecule has 0 radical (unpaired) electrons. The minimum absolute atomic E-state index is 0.0699. The Balaban J connectivity index is 2.47. The van der Waals surface area contributed by atoms with Crippen molar-refractivity contribution >= 4 is 27.5 Å². The third kappa shape index (κ3) is 5.11. The summed E-state index contributed by atoms with van der Waals surface area (Å²) in [5.74, 6) is -0.144. The normalized spacial score (nSPS) is 12.9. The van der Waals surface area contributed by atoms with E-state index in [9.17, 15) is 13.2 Å². The molecule has 0 fully saturated rings. The number of carbonyl (C=O) groups excluding carboxylic acids is 1. The molecule has 0 bridgehead atoms. The highest BCUT2D eigenvalue weighted by Gasteiger charge is 2.14. The molecule has 2 N–H and O–H groups in total. The molecule has 5 nitrogen and oxygen atoms in total. The molecule has 1 atom stereocenters. The Kier molecular flexibility index (Phi) is 6.45. The molecule has 0 saturated carbocycles. The van der Waals surface area contributed by atoms with E-state index in [1.165, 1.54) is 12.1 Å². The lowest BCUT2D eigenvalue weighted by molar-refractivity contribution is -0.124. The van der Waals surface area contributed by atoms with Crippen LogP contribution in [0.2, 0.25) is 5.02 Å². The zero-order valence-electron chi connectivity index (χ0n) is 11.5. The van der Waals surface area contributed by atoms with Crippen LogP contribution in [0.1, 0.15) is 20.3 Å². The highest BCUT2D eigenvalue weighted by molar-refractivity contribution is 7.89. The standard InChI is InChI=1S/C13H19ClN2O3S/c1-3-10(2)13(17)15-7-8-16-20(18,19)12-6-4-5-11(14)9-12/h4-6,9-10,16H,3,7-8H2,1-2H3,(H,15,17). The van der Waals surface area contributed by atoms with Gasteiger partial charge in [0, 0.05) is 24.0 Å². The van der Waals surface area contributed by atoms with Gasteiger partial charge in [-0.1, -0.05) is 31.5 Å². The summed E-state index contributed by atoms with van der Waals surface area (Å²) in [4.78, 5) is 11.6. The van der Waals surface area contributed by atoms with Crippen LogP contribution in [-0.2, 0) is 14.8 Å². The van der Waals surface area contributed by atoms with Gasteiger partial charge in [0.15, 0.2) is 0 Å². The molecule has 0 aliphatic heterocycles. The van der Waals surface area contributed by atoms with Crippen molar-refractivity contribution in [3.63, 3.8) is 0 Å². The smallest absolute Gasteiger partial charge is 0.240 e. The summed E-state index contributed by atoms with van der Waals surface area (Å²) in [5, 5.41) is 3.04. The van der Waals surface area contributed by atoms with E-state index < -0.39 is 10.0 Å². The average molecular weight is 319 g/mol. The fraction of sp³-hybridized carbons (Fsp3) is 0.462. The molecular weight excluding hydrogens is 300 g/mol. The summed E-state index contributed by atoms with van der Waals surface area (Å²) in [6, 6.07) is 6.02. The highest BCUT2D eigenvalue weighted by atomic mass is 35.5. The topological polar surface area (TPSA) is 75.3 Å². The minimum Gasteiger partial charge on any atom is -0.355 e. The lowest BCUT2D eigenvalue weighted by Crippen LogP contribution is -2.36. The van der Waals surface area contributed by atoms with Crippen LogP contribution >= 0.6 is 11.6 Å². The molecule has 0 aliphatic carbocycles. The second-order valence-corrected chi connectivity index (χ2v) is 6.66. The van der Waals surface area contributed by atoms with E-state index in [1.54, 1.807) is 12.1 Å². The van der Waals surface area contributed by atoms with Crippen molar-refractivity contribution in [2.24, 2.45) is 5.92 Å². The number of amides is 1. The van der Waals surface area contributed by atoms with Crippen molar-refractivity contribution in [3.8, 4) is 0 Å². The summed E-state index contributed by atoms with van der Waals surface area (Å²) >= 11 is 5.76. The number of hydrogen-bond acceptors (Lipinski definition) is 3. The molecule has 0 aliphatic rings. The number of benzene rings is 1. The first-order valence-electron chi connectivity index (χ1n) is 6.39. The first-order chi connectivity index (χ1) is 9.36. The van der Waals surface area contributed by atoms with E-state index in [1.807, 2.05) is 13.8 Å². The van der Waals surface area contributed by atoms with Crippen LogP contribution in [0.3, 0.4) is 0 Å². The van der Waals surface area contributed by atoms with Gasteiger partial charge in [-0.2, -0.15) is 0 Å². The van der Waals surface area contributed by atoms with Crippen LogP contribution in [-0.4, -0.2) is 27.4 Å². The Morgan fingerprint density at radius 3 is 2.65 bits per heavy atom. The largest absolute Gasteiger partial charge is 0.355 e. The van der Waals surface area contributed by atoms with E-state index in [2.05, 4.69) is 10.0 Å². The van der Waals surface area contributed by atoms with E-state index in [-0.39, 0.29) is 29.8 Å². The number of sulfonamides is 1. The third-order valence-electron chi connectivity index (χ3n) is 2.88. The van der Waals surface area contributed by atoms with Gasteiger partial charge in [0.05, 0.1) is 4.90 Å². The molecule has 0 spiro atoms. The van der Waals surface area contributed by atoms with E-state index in [0.29, 0.717) is 5.02 Å². The van der Waals surface area contributed by atoms with Gasteiger partial charge in [0.2, 0.25) is 15.9 Å². The van der Waals surface area contributed by atoms with E-state index >= 15 is 0 Å². The van der Waals surface area contributed by atoms with Crippen LogP contribution in [0.5, 0.6) is 0 Å². The van der Waals surface area contributed by atoms with Gasteiger partial charge in [-0.25, -0.2) is 13.1 Å². The van der Waals surface area contributed by atoms with E-state index in [4.69, 9.17) is 11.6 Å². The van der Waals surface area contributed by atoms with Gasteiger partial charge in [0.25, 0.3) is 0 Å². The average Bonchev–Trinajstić information content (AvgIpc) is 2.42. The first kappa shape index (κ1) is 16.9. The maximum absolute atomic E-state index is 11.9. The SMILES string of the molecule is CCC(C)C(=O)NCCNS(=O)(=O)c1cccc(Cl)c1. The molecule has 112 valence electrons. The number of hydrogen-bond donors (Lipinski definition) is 2. The second kappa shape index (κ2) is 7.61. The van der Waals surface area contributed by atoms with Gasteiger partial charge < -0.3 is 5.32 Å². The van der Waals surface area contributed by atoms with Crippen molar-refractivity contribution in [1.82, 2.24) is 10.0 Å². The van der Waals surface area contributed by atoms with Gasteiger partial charge >= 0.3 is 0 Å². The fourth-order valence-corrected chi connectivity index (χ4v) is 2.78. The zero-order chi connectivity index (χ0) is 15.2. The molecule has 0 heterocycles. The summed E-state index contributed by atoms with van der Waals surface area (Å²) in [7, 11) is -3.59. The monoisotopic (exact) mass is 318 g/mol. The molecule has 7 heteroatoms. The number of carbonyl (C=O) groups is 1. The fourth-order valence-electron chi connectivity index (χ4n) is 1.45. The minimum atomic E-state index is -3.59. The molecule has 1 unspecified atom stereocenters. The first-order valence-corrected chi connectivity index (χ1v) is 8.26. The maximum Gasteiger partial charge on any atom is 0.240 e. The molecule has 1 amide bonds. The highest BCUT2D eigenvalue weighted by Crippen LogP contribution is 2.14. The molecule has 1 aromatic rings. The van der Waals surface area contributed by atoms with Crippen LogP contribution in [0.4, 0.5) is 0 Å². The predicted octanol–water partition coefficient (Wildman–Crippen LogP) is 1.78. The molecule has 1 aromatic carbocycles. The second-order valence-electron chi connectivity index (χ2n) is 4.46. The molecule has 1 rings (SSSR count). The zero-order valence-corrected chi connectivity index (χ0v) is 13.1. The van der Waals surface area contributed by atoms with Crippen molar-refractivity contribution < 1.29 is 13.2 Å². The number of halogens is 1. The Morgan fingerprint density at radius 2 is 2.05 bits per heavy atom. The molecular formula is C13H19ClN2O3S. The van der Waals surface area contributed by atoms with Gasteiger partial charge in [0.1, 0.15) is 0 Å². The summed E-state index contributed by atoms with van der Waals surface area (Å²) in [5.41, 5.74) is 0.